The van der Waals surface area contributed by atoms with E-state index in [-0.39, 0.29) is 11.9 Å². The Kier molecular flexibility index (Phi) is 2.56. The first-order chi connectivity index (χ1) is 7.49. The van der Waals surface area contributed by atoms with Gasteiger partial charge in [-0.25, -0.2) is 4.79 Å². The van der Waals surface area contributed by atoms with Crippen LogP contribution in [0.5, 0.6) is 0 Å². The van der Waals surface area contributed by atoms with Crippen molar-refractivity contribution in [3.05, 3.63) is 26.9 Å². The average molecular weight is 227 g/mol. The monoisotopic (exact) mass is 227 g/mol. The molecular formula is C9H13N3O4. The van der Waals surface area contributed by atoms with Gasteiger partial charge in [0.05, 0.1) is 6.10 Å². The van der Waals surface area contributed by atoms with Crippen molar-refractivity contribution in [3.8, 4) is 0 Å². The van der Waals surface area contributed by atoms with Crippen LogP contribution in [-0.2, 0) is 4.74 Å². The number of aromatic amines is 1. The van der Waals surface area contributed by atoms with Crippen LogP contribution in [0.4, 0.5) is 5.82 Å². The minimum Gasteiger partial charge on any atom is -0.388 e. The maximum Gasteiger partial charge on any atom is 0.332 e. The molecule has 1 saturated heterocycles. The van der Waals surface area contributed by atoms with Gasteiger partial charge in [0.15, 0.2) is 6.23 Å². The van der Waals surface area contributed by atoms with Gasteiger partial charge in [-0.15, -0.1) is 0 Å². The van der Waals surface area contributed by atoms with Gasteiger partial charge < -0.3 is 15.6 Å². The molecule has 1 aromatic heterocycles. The molecule has 2 rings (SSSR count). The first-order valence-electron chi connectivity index (χ1n) is 4.94. The average Bonchev–Trinajstić information content (AvgIpc) is 2.43. The number of rotatable bonds is 1. The molecule has 4 N–H and O–H groups in total. The van der Waals surface area contributed by atoms with Crippen molar-refractivity contribution in [2.24, 2.45) is 0 Å². The second-order valence-electron chi connectivity index (χ2n) is 3.87. The van der Waals surface area contributed by atoms with Gasteiger partial charge in [-0.2, -0.15) is 0 Å². The smallest absolute Gasteiger partial charge is 0.332 e. The summed E-state index contributed by atoms with van der Waals surface area (Å²) in [7, 11) is 0. The lowest BCUT2D eigenvalue weighted by Crippen LogP contribution is -2.37. The Balaban J connectivity index is 2.49. The molecule has 0 spiro atoms. The molecule has 1 aromatic rings. The minimum absolute atomic E-state index is 0.0214. The maximum absolute atomic E-state index is 11.5. The van der Waals surface area contributed by atoms with Crippen molar-refractivity contribution in [2.45, 2.75) is 31.8 Å². The Morgan fingerprint density at radius 2 is 2.31 bits per heavy atom. The predicted octanol–water partition coefficient (Wildman–Crippen LogP) is -1.21. The van der Waals surface area contributed by atoms with Crippen molar-refractivity contribution < 1.29 is 9.84 Å². The number of nitrogen functional groups attached to an aromatic ring is 1. The van der Waals surface area contributed by atoms with Crippen LogP contribution in [0.25, 0.3) is 0 Å². The van der Waals surface area contributed by atoms with Crippen LogP contribution in [0.15, 0.2) is 15.7 Å². The zero-order valence-corrected chi connectivity index (χ0v) is 8.71. The zero-order valence-electron chi connectivity index (χ0n) is 8.71. The summed E-state index contributed by atoms with van der Waals surface area (Å²) in [5.74, 6) is -0.0214. The summed E-state index contributed by atoms with van der Waals surface area (Å²) in [5.41, 5.74) is 4.31. The number of aliphatic hydroxyl groups is 1. The lowest BCUT2D eigenvalue weighted by Gasteiger charge is -2.18. The van der Waals surface area contributed by atoms with Crippen molar-refractivity contribution >= 4 is 5.82 Å². The zero-order chi connectivity index (χ0) is 11.9. The fraction of sp³-hybridized carbons (Fsp3) is 0.556. The van der Waals surface area contributed by atoms with E-state index in [1.54, 1.807) is 6.92 Å². The van der Waals surface area contributed by atoms with E-state index >= 15 is 0 Å². The Morgan fingerprint density at radius 1 is 1.62 bits per heavy atom. The number of hydrogen-bond donors (Lipinski definition) is 3. The number of nitrogens with zero attached hydrogens (tertiary/aromatic N) is 1. The van der Waals surface area contributed by atoms with Crippen LogP contribution < -0.4 is 17.0 Å². The summed E-state index contributed by atoms with van der Waals surface area (Å²) in [5, 5.41) is 9.70. The first kappa shape index (κ1) is 10.9. The summed E-state index contributed by atoms with van der Waals surface area (Å²) in [4.78, 5) is 24.6. The molecule has 0 radical (unpaired) electrons. The Labute approximate surface area is 90.5 Å². The Hall–Kier alpha value is -1.60. The number of H-pyrrole nitrogens is 1. The van der Waals surface area contributed by atoms with Gasteiger partial charge in [0, 0.05) is 12.5 Å². The van der Waals surface area contributed by atoms with E-state index in [0.717, 1.165) is 10.6 Å². The second kappa shape index (κ2) is 3.76. The number of aliphatic hydroxyl groups excluding tert-OH is 1. The van der Waals surface area contributed by atoms with Crippen molar-refractivity contribution in [3.63, 3.8) is 0 Å². The predicted molar refractivity (Wildman–Crippen MR) is 55.9 cm³/mol. The van der Waals surface area contributed by atoms with Crippen molar-refractivity contribution in [1.82, 2.24) is 9.55 Å². The molecule has 16 heavy (non-hydrogen) atoms. The Bertz CT molecular complexity index is 506. The number of nitrogens with one attached hydrogen (secondary N) is 1. The van der Waals surface area contributed by atoms with Gasteiger partial charge in [-0.1, -0.05) is 0 Å². The fourth-order valence-corrected chi connectivity index (χ4v) is 1.86. The maximum atomic E-state index is 11.5. The third-order valence-electron chi connectivity index (χ3n) is 2.53. The van der Waals surface area contributed by atoms with E-state index < -0.39 is 23.6 Å². The largest absolute Gasteiger partial charge is 0.388 e. The van der Waals surface area contributed by atoms with Crippen LogP contribution in [0.2, 0.25) is 0 Å². The first-order valence-corrected chi connectivity index (χ1v) is 4.94. The second-order valence-corrected chi connectivity index (χ2v) is 3.87. The lowest BCUT2D eigenvalue weighted by molar-refractivity contribution is -0.0334. The van der Waals surface area contributed by atoms with Gasteiger partial charge >= 0.3 is 5.69 Å². The van der Waals surface area contributed by atoms with Crippen LogP contribution >= 0.6 is 0 Å². The molecular weight excluding hydrogens is 214 g/mol. The summed E-state index contributed by atoms with van der Waals surface area (Å²) in [6, 6.07) is 1.08. The van der Waals surface area contributed by atoms with E-state index in [1.165, 1.54) is 0 Å². The number of hydrogen-bond acceptors (Lipinski definition) is 5. The third kappa shape index (κ3) is 1.74. The number of anilines is 1. The fourth-order valence-electron chi connectivity index (χ4n) is 1.86. The van der Waals surface area contributed by atoms with E-state index in [4.69, 9.17) is 10.5 Å². The molecule has 2 heterocycles. The molecule has 0 aliphatic carbocycles. The van der Waals surface area contributed by atoms with Crippen LogP contribution in [0.3, 0.4) is 0 Å². The lowest BCUT2D eigenvalue weighted by atomic mass is 10.2. The topological polar surface area (TPSA) is 110 Å². The molecule has 1 aliphatic heterocycles. The highest BCUT2D eigenvalue weighted by Crippen LogP contribution is 2.28. The molecule has 3 atom stereocenters. The normalized spacial score (nSPS) is 29.5. The van der Waals surface area contributed by atoms with Crippen LogP contribution in [0, 0.1) is 0 Å². The minimum atomic E-state index is -0.834. The summed E-state index contributed by atoms with van der Waals surface area (Å²) < 4.78 is 6.42. The molecule has 1 aliphatic rings. The van der Waals surface area contributed by atoms with E-state index in [9.17, 15) is 14.7 Å². The molecule has 88 valence electrons. The number of nitrogens with two attached hydrogens (primary N) is 1. The highest BCUT2D eigenvalue weighted by molar-refractivity contribution is 5.27. The summed E-state index contributed by atoms with van der Waals surface area (Å²) >= 11 is 0. The van der Waals surface area contributed by atoms with E-state index in [1.807, 2.05) is 0 Å². The van der Waals surface area contributed by atoms with Crippen LogP contribution in [0.1, 0.15) is 19.6 Å². The molecule has 7 heteroatoms. The van der Waals surface area contributed by atoms with Gasteiger partial charge in [-0.05, 0) is 6.92 Å². The molecule has 7 nitrogen and oxygen atoms in total. The quantitative estimate of drug-likeness (QED) is 0.557. The molecule has 0 amide bonds. The van der Waals surface area contributed by atoms with Crippen LogP contribution in [-0.4, -0.2) is 26.9 Å². The van der Waals surface area contributed by atoms with Crippen molar-refractivity contribution in [1.29, 1.82) is 0 Å². The van der Waals surface area contributed by atoms with E-state index in [2.05, 4.69) is 4.98 Å². The molecule has 1 fully saturated rings. The molecule has 0 aromatic carbocycles. The molecule has 0 saturated carbocycles. The molecule has 3 unspecified atom stereocenters. The third-order valence-corrected chi connectivity index (χ3v) is 2.53. The van der Waals surface area contributed by atoms with E-state index in [0.29, 0.717) is 6.42 Å². The highest BCUT2D eigenvalue weighted by atomic mass is 16.5. The SMILES string of the molecule is CC1CC(O)C(n2c(N)cc(=O)[nH]c2=O)O1. The Morgan fingerprint density at radius 3 is 2.81 bits per heavy atom. The number of aromatic nitrogens is 2. The van der Waals surface area contributed by atoms with Gasteiger partial charge in [0.1, 0.15) is 11.9 Å². The van der Waals surface area contributed by atoms with Crippen molar-refractivity contribution in [2.75, 3.05) is 5.73 Å². The van der Waals surface area contributed by atoms with Gasteiger partial charge in [0.25, 0.3) is 5.56 Å². The standard InChI is InChI=1S/C9H13N3O4/c1-4-2-5(13)8(16-4)12-6(10)3-7(14)11-9(12)15/h3-5,8,13H,2,10H2,1H3,(H,11,14,15). The van der Waals surface area contributed by atoms with Gasteiger partial charge in [0.2, 0.25) is 0 Å². The van der Waals surface area contributed by atoms with Gasteiger partial charge in [-0.3, -0.25) is 14.3 Å². The number of ether oxygens (including phenoxy) is 1. The summed E-state index contributed by atoms with van der Waals surface area (Å²) in [6.07, 6.45) is -1.37. The molecule has 0 bridgehead atoms. The summed E-state index contributed by atoms with van der Waals surface area (Å²) in [6.45, 7) is 1.79. The highest BCUT2D eigenvalue weighted by Gasteiger charge is 2.34.